The molecule has 1 atom stereocenters. The molecule has 0 fully saturated rings. The van der Waals surface area contributed by atoms with Crippen molar-refractivity contribution in [3.05, 3.63) is 65.5 Å². The Bertz CT molecular complexity index is 583. The predicted molar refractivity (Wildman–Crippen MR) is 80.2 cm³/mol. The van der Waals surface area contributed by atoms with Crippen LogP contribution in [0.3, 0.4) is 0 Å². The highest BCUT2D eigenvalue weighted by atomic mass is 127. The molecule has 0 bridgehead atoms. The van der Waals surface area contributed by atoms with E-state index in [4.69, 9.17) is 0 Å². The first kappa shape index (κ1) is 13.1. The number of aryl methyl sites for hydroxylation is 1. The van der Waals surface area contributed by atoms with E-state index in [2.05, 4.69) is 14.8 Å². The Balaban J connectivity index is 2.57. The summed E-state index contributed by atoms with van der Waals surface area (Å²) in [5.74, 6) is 2.86. The lowest BCUT2D eigenvalue weighted by Gasteiger charge is -2.23. The van der Waals surface area contributed by atoms with Gasteiger partial charge < -0.3 is 5.11 Å². The van der Waals surface area contributed by atoms with Crippen molar-refractivity contribution in [2.75, 3.05) is 0 Å². The van der Waals surface area contributed by atoms with Gasteiger partial charge in [0.15, 0.2) is 5.60 Å². The van der Waals surface area contributed by atoms with Crippen molar-refractivity contribution in [1.29, 1.82) is 0 Å². The monoisotopic (exact) mass is 349 g/mol. The fraction of sp³-hybridized carbons (Fsp3) is 0.133. The van der Waals surface area contributed by atoms with Gasteiger partial charge in [-0.2, -0.15) is 0 Å². The maximum Gasteiger partial charge on any atom is 0.179 e. The van der Waals surface area contributed by atoms with Crippen LogP contribution in [0.2, 0.25) is 0 Å². The molecule has 1 heterocycles. The Morgan fingerprint density at radius 2 is 1.89 bits per heavy atom. The van der Waals surface area contributed by atoms with E-state index in [9.17, 15) is 5.11 Å². The SMILES string of the molecule is Cc1ccc(C(O)(C#CI)c2cccnc2)cc1. The Kier molecular flexibility index (Phi) is 4.00. The van der Waals surface area contributed by atoms with Gasteiger partial charge >= 0.3 is 0 Å². The van der Waals surface area contributed by atoms with Gasteiger partial charge in [-0.1, -0.05) is 35.9 Å². The smallest absolute Gasteiger partial charge is 0.179 e. The van der Waals surface area contributed by atoms with Crippen LogP contribution in [-0.4, -0.2) is 10.1 Å². The second kappa shape index (κ2) is 5.51. The van der Waals surface area contributed by atoms with Gasteiger partial charge in [-0.3, -0.25) is 4.98 Å². The summed E-state index contributed by atoms with van der Waals surface area (Å²) in [6.07, 6.45) is 3.32. The standard InChI is InChI=1S/C15H12INO/c1-12-4-6-13(7-5-12)15(18,8-9-16)14-3-2-10-17-11-14/h2-7,10-11,18H,1H3. The Morgan fingerprint density at radius 3 is 2.44 bits per heavy atom. The van der Waals surface area contributed by atoms with Crippen LogP contribution in [0.4, 0.5) is 0 Å². The van der Waals surface area contributed by atoms with Crippen molar-refractivity contribution in [1.82, 2.24) is 4.98 Å². The van der Waals surface area contributed by atoms with Crippen molar-refractivity contribution in [3.63, 3.8) is 0 Å². The van der Waals surface area contributed by atoms with Gasteiger partial charge in [0.2, 0.25) is 0 Å². The summed E-state index contributed by atoms with van der Waals surface area (Å²) in [4.78, 5) is 4.05. The third-order valence-corrected chi connectivity index (χ3v) is 3.05. The lowest BCUT2D eigenvalue weighted by molar-refractivity contribution is 0.145. The number of halogens is 1. The summed E-state index contributed by atoms with van der Waals surface area (Å²) in [7, 11) is 0. The quantitative estimate of drug-likeness (QED) is 0.668. The first-order valence-corrected chi connectivity index (χ1v) is 6.57. The van der Waals surface area contributed by atoms with E-state index >= 15 is 0 Å². The molecule has 2 rings (SSSR count). The highest BCUT2D eigenvalue weighted by Crippen LogP contribution is 2.28. The van der Waals surface area contributed by atoms with E-state index in [1.165, 1.54) is 0 Å². The van der Waals surface area contributed by atoms with E-state index in [0.717, 1.165) is 11.1 Å². The van der Waals surface area contributed by atoms with Crippen LogP contribution in [0.25, 0.3) is 0 Å². The molecular formula is C15H12INO. The van der Waals surface area contributed by atoms with Crippen LogP contribution in [-0.2, 0) is 5.60 Å². The third kappa shape index (κ3) is 2.55. The molecule has 1 aromatic carbocycles. The molecule has 0 saturated carbocycles. The van der Waals surface area contributed by atoms with Crippen molar-refractivity contribution in [2.24, 2.45) is 0 Å². The molecular weight excluding hydrogens is 337 g/mol. The molecule has 2 aromatic rings. The molecule has 1 unspecified atom stereocenters. The number of aromatic nitrogens is 1. The van der Waals surface area contributed by atoms with Gasteiger partial charge in [-0.25, -0.2) is 0 Å². The molecule has 3 heteroatoms. The summed E-state index contributed by atoms with van der Waals surface area (Å²) in [5.41, 5.74) is 1.28. The number of pyridine rings is 1. The fourth-order valence-corrected chi connectivity index (χ4v) is 2.14. The molecule has 0 aliphatic rings. The van der Waals surface area contributed by atoms with Crippen molar-refractivity contribution in [3.8, 4) is 9.85 Å². The van der Waals surface area contributed by atoms with Gasteiger partial charge in [0.25, 0.3) is 0 Å². The number of hydrogen-bond donors (Lipinski definition) is 1. The molecule has 18 heavy (non-hydrogen) atoms. The zero-order chi connectivity index (χ0) is 13.0. The average molecular weight is 349 g/mol. The minimum Gasteiger partial charge on any atom is -0.369 e. The van der Waals surface area contributed by atoms with E-state index in [1.54, 1.807) is 18.5 Å². The molecule has 0 radical (unpaired) electrons. The van der Waals surface area contributed by atoms with Crippen LogP contribution in [0.15, 0.2) is 48.8 Å². The summed E-state index contributed by atoms with van der Waals surface area (Å²) in [6, 6.07) is 11.3. The average Bonchev–Trinajstić information content (AvgIpc) is 2.40. The van der Waals surface area contributed by atoms with Crippen molar-refractivity contribution < 1.29 is 5.11 Å². The van der Waals surface area contributed by atoms with Crippen LogP contribution >= 0.6 is 22.6 Å². The van der Waals surface area contributed by atoms with Gasteiger partial charge in [-0.15, -0.1) is 0 Å². The summed E-state index contributed by atoms with van der Waals surface area (Å²) in [5, 5.41) is 10.8. The number of hydrogen-bond acceptors (Lipinski definition) is 2. The summed E-state index contributed by atoms with van der Waals surface area (Å²) >= 11 is 1.93. The van der Waals surface area contributed by atoms with Gasteiger partial charge in [0, 0.05) is 46.1 Å². The van der Waals surface area contributed by atoms with Crippen LogP contribution < -0.4 is 0 Å². The summed E-state index contributed by atoms with van der Waals surface area (Å²) < 4.78 is 2.76. The minimum atomic E-state index is -1.30. The largest absolute Gasteiger partial charge is 0.369 e. The van der Waals surface area contributed by atoms with Gasteiger partial charge in [0.05, 0.1) is 0 Å². The number of aliphatic hydroxyl groups is 1. The molecule has 0 saturated heterocycles. The highest BCUT2D eigenvalue weighted by molar-refractivity contribution is 14.1. The maximum atomic E-state index is 10.8. The second-order valence-electron chi connectivity index (χ2n) is 4.04. The molecule has 0 aliphatic heterocycles. The number of nitrogens with zero attached hydrogens (tertiary/aromatic N) is 1. The van der Waals surface area contributed by atoms with Crippen LogP contribution in [0.5, 0.6) is 0 Å². The molecule has 0 spiro atoms. The summed E-state index contributed by atoms with van der Waals surface area (Å²) in [6.45, 7) is 2.01. The lowest BCUT2D eigenvalue weighted by Crippen LogP contribution is -2.25. The Morgan fingerprint density at radius 1 is 1.17 bits per heavy atom. The highest BCUT2D eigenvalue weighted by Gasteiger charge is 2.29. The molecule has 1 N–H and O–H groups in total. The van der Waals surface area contributed by atoms with Crippen molar-refractivity contribution in [2.45, 2.75) is 12.5 Å². The predicted octanol–water partition coefficient (Wildman–Crippen LogP) is 3.02. The lowest BCUT2D eigenvalue weighted by atomic mass is 9.88. The normalized spacial score (nSPS) is 13.3. The number of benzene rings is 1. The zero-order valence-corrected chi connectivity index (χ0v) is 12.0. The first-order valence-electron chi connectivity index (χ1n) is 5.49. The van der Waals surface area contributed by atoms with Crippen LogP contribution in [0, 0.1) is 16.8 Å². The van der Waals surface area contributed by atoms with E-state index in [0.29, 0.717) is 5.56 Å². The molecule has 1 aromatic heterocycles. The molecule has 0 amide bonds. The minimum absolute atomic E-state index is 0.679. The number of rotatable bonds is 2. The van der Waals surface area contributed by atoms with Crippen LogP contribution in [0.1, 0.15) is 16.7 Å². The second-order valence-corrected chi connectivity index (χ2v) is 4.58. The van der Waals surface area contributed by atoms with E-state index in [1.807, 2.05) is 59.8 Å². The first-order chi connectivity index (χ1) is 8.66. The molecule has 90 valence electrons. The Hall–Kier alpha value is -1.38. The van der Waals surface area contributed by atoms with Gasteiger partial charge in [0.1, 0.15) is 0 Å². The Labute approximate surface area is 120 Å². The fourth-order valence-electron chi connectivity index (χ4n) is 1.75. The maximum absolute atomic E-state index is 10.8. The third-order valence-electron chi connectivity index (χ3n) is 2.78. The van der Waals surface area contributed by atoms with E-state index in [-0.39, 0.29) is 0 Å². The van der Waals surface area contributed by atoms with Crippen molar-refractivity contribution >= 4 is 22.6 Å². The molecule has 0 aliphatic carbocycles. The van der Waals surface area contributed by atoms with E-state index < -0.39 is 5.60 Å². The topological polar surface area (TPSA) is 33.1 Å². The zero-order valence-electron chi connectivity index (χ0n) is 9.89. The molecule has 2 nitrogen and oxygen atoms in total. The van der Waals surface area contributed by atoms with Gasteiger partial charge in [-0.05, 0) is 22.8 Å².